The van der Waals surface area contributed by atoms with Crippen LogP contribution in [0.15, 0.2) is 72.9 Å². The number of halogens is 1. The van der Waals surface area contributed by atoms with E-state index >= 15 is 0 Å². The number of benzene rings is 2. The number of H-pyrrole nitrogens is 1. The third-order valence-electron chi connectivity index (χ3n) is 7.88. The normalized spacial score (nSPS) is 19.3. The van der Waals surface area contributed by atoms with E-state index in [1.54, 1.807) is 0 Å². The second-order valence-corrected chi connectivity index (χ2v) is 11.0. The molecule has 3 heterocycles. The summed E-state index contributed by atoms with van der Waals surface area (Å²) in [6.45, 7) is 5.79. The van der Waals surface area contributed by atoms with Crippen molar-refractivity contribution in [3.05, 3.63) is 94.6 Å². The number of hydrogen-bond donors (Lipinski definition) is 2. The Bertz CT molecular complexity index is 1530. The molecule has 4 aromatic rings. The summed E-state index contributed by atoms with van der Waals surface area (Å²) in [5.41, 5.74) is 3.90. The molecule has 0 spiro atoms. The van der Waals surface area contributed by atoms with Gasteiger partial charge < -0.3 is 4.74 Å². The molecular formula is C31H33ClN8O2. The van der Waals surface area contributed by atoms with Crippen LogP contribution in [0.4, 0.5) is 5.95 Å². The number of pyridine rings is 1. The molecule has 1 amide bonds. The Balaban J connectivity index is 1.09. The van der Waals surface area contributed by atoms with Gasteiger partial charge in [0.25, 0.3) is 5.91 Å². The molecule has 1 aliphatic carbocycles. The van der Waals surface area contributed by atoms with Gasteiger partial charge in [0.05, 0.1) is 12.3 Å². The topological polar surface area (TPSA) is 112 Å². The number of amides is 1. The number of carbonyl (C=O) groups is 1. The highest BCUT2D eigenvalue weighted by atomic mass is 35.5. The van der Waals surface area contributed by atoms with Gasteiger partial charge >= 0.3 is 0 Å². The van der Waals surface area contributed by atoms with Gasteiger partial charge in [-0.05, 0) is 59.3 Å². The van der Waals surface area contributed by atoms with Gasteiger partial charge in [-0.1, -0.05) is 71.3 Å². The maximum atomic E-state index is 13.6. The number of nitrogens with zero attached hydrogens (tertiary/aromatic N) is 6. The molecule has 11 heteroatoms. The quantitative estimate of drug-likeness (QED) is 0.298. The summed E-state index contributed by atoms with van der Waals surface area (Å²) in [5.74, 6) is -0.108. The van der Waals surface area contributed by atoms with Gasteiger partial charge in [-0.15, -0.1) is 0 Å². The number of aromatic nitrogens is 5. The van der Waals surface area contributed by atoms with Crippen molar-refractivity contribution in [1.82, 2.24) is 35.4 Å². The Morgan fingerprint density at radius 3 is 2.71 bits per heavy atom. The van der Waals surface area contributed by atoms with Gasteiger partial charge in [0.2, 0.25) is 5.95 Å². The minimum Gasteiger partial charge on any atom is -0.359 e. The Morgan fingerprint density at radius 1 is 1.02 bits per heavy atom. The highest BCUT2D eigenvalue weighted by Gasteiger charge is 2.43. The lowest BCUT2D eigenvalue weighted by molar-refractivity contribution is -0.144. The van der Waals surface area contributed by atoms with Gasteiger partial charge in [0, 0.05) is 54.9 Å². The molecule has 2 aliphatic rings. The Labute approximate surface area is 249 Å². The van der Waals surface area contributed by atoms with Crippen LogP contribution < -0.4 is 5.32 Å². The van der Waals surface area contributed by atoms with Crippen LogP contribution in [0.2, 0.25) is 5.02 Å². The fraction of sp³-hybridized carbons (Fsp3) is 0.323. The molecule has 1 fully saturated rings. The Kier molecular flexibility index (Phi) is 8.66. The molecule has 1 atom stereocenters. The molecule has 0 bridgehead atoms. The minimum atomic E-state index is -1.17. The number of rotatable bonds is 9. The lowest BCUT2D eigenvalue weighted by Crippen LogP contribution is -2.45. The summed E-state index contributed by atoms with van der Waals surface area (Å²) in [5, 5.41) is 17.1. The molecule has 1 aliphatic heterocycles. The van der Waals surface area contributed by atoms with E-state index in [2.05, 4.69) is 46.8 Å². The van der Waals surface area contributed by atoms with Gasteiger partial charge in [-0.3, -0.25) is 24.9 Å². The maximum absolute atomic E-state index is 13.6. The predicted octanol–water partition coefficient (Wildman–Crippen LogP) is 4.39. The number of ether oxygens (including phenoxy) is 1. The Morgan fingerprint density at radius 2 is 1.86 bits per heavy atom. The van der Waals surface area contributed by atoms with Crippen molar-refractivity contribution in [3.8, 4) is 11.3 Å². The molecule has 2 N–H and O–H groups in total. The van der Waals surface area contributed by atoms with Crippen molar-refractivity contribution in [3.63, 3.8) is 0 Å². The zero-order valence-electron chi connectivity index (χ0n) is 23.2. The molecular weight excluding hydrogens is 552 g/mol. The molecule has 10 nitrogen and oxygen atoms in total. The lowest BCUT2D eigenvalue weighted by atomic mass is 9.82. The summed E-state index contributed by atoms with van der Waals surface area (Å²) in [6.07, 6.45) is 7.33. The maximum Gasteiger partial charge on any atom is 0.264 e. The van der Waals surface area contributed by atoms with Crippen molar-refractivity contribution < 1.29 is 9.53 Å². The summed E-state index contributed by atoms with van der Waals surface area (Å²) < 4.78 is 6.53. The van der Waals surface area contributed by atoms with Crippen molar-refractivity contribution >= 4 is 29.5 Å². The third-order valence-corrected chi connectivity index (χ3v) is 8.13. The first-order chi connectivity index (χ1) is 20.6. The van der Waals surface area contributed by atoms with Crippen molar-refractivity contribution in [2.24, 2.45) is 0 Å². The number of hydrogen-bond acceptors (Lipinski definition) is 8. The van der Waals surface area contributed by atoms with Crippen LogP contribution >= 0.6 is 11.6 Å². The Hall–Kier alpha value is -3.96. The monoisotopic (exact) mass is 584 g/mol. The van der Waals surface area contributed by atoms with Gasteiger partial charge in [-0.25, -0.2) is 5.10 Å². The summed E-state index contributed by atoms with van der Waals surface area (Å²) in [6, 6.07) is 19.9. The summed E-state index contributed by atoms with van der Waals surface area (Å²) >= 11 is 6.11. The highest BCUT2D eigenvalue weighted by molar-refractivity contribution is 6.30. The van der Waals surface area contributed by atoms with Crippen LogP contribution in [-0.4, -0.2) is 80.6 Å². The van der Waals surface area contributed by atoms with Crippen LogP contribution in [0.1, 0.15) is 29.5 Å². The fourth-order valence-electron chi connectivity index (χ4n) is 5.74. The van der Waals surface area contributed by atoms with E-state index in [9.17, 15) is 4.79 Å². The van der Waals surface area contributed by atoms with Crippen molar-refractivity contribution in [1.29, 1.82) is 0 Å². The van der Waals surface area contributed by atoms with Crippen molar-refractivity contribution in [2.45, 2.75) is 25.0 Å². The summed E-state index contributed by atoms with van der Waals surface area (Å²) in [7, 11) is 0. The van der Waals surface area contributed by atoms with E-state index in [4.69, 9.17) is 16.3 Å². The molecule has 216 valence electrons. The lowest BCUT2D eigenvalue weighted by Gasteiger charge is -2.35. The first-order valence-corrected chi connectivity index (χ1v) is 14.6. The fourth-order valence-corrected chi connectivity index (χ4v) is 5.87. The number of aromatic amines is 1. The predicted molar refractivity (Wildman–Crippen MR) is 162 cm³/mol. The van der Waals surface area contributed by atoms with E-state index in [1.807, 2.05) is 72.9 Å². The van der Waals surface area contributed by atoms with Crippen LogP contribution in [0, 0.1) is 0 Å². The van der Waals surface area contributed by atoms with Gasteiger partial charge in [0.15, 0.2) is 5.60 Å². The standard InChI is InChI=1S/C31H33ClN8O2/c32-26-12-10-24(11-13-26)28-25(8-4-15-33-28)22-40-17-5-16-39(18-19-40)20-21-42-31(29(41)34-30-35-37-38-36-30)14-3-7-23-6-1-2-9-27(23)31/h1-4,6-13,15H,5,14,16-22H2,(H2,34,35,36,37,38,41). The summed E-state index contributed by atoms with van der Waals surface area (Å²) in [4.78, 5) is 23.2. The van der Waals surface area contributed by atoms with E-state index in [1.165, 1.54) is 5.56 Å². The average Bonchev–Trinajstić information content (AvgIpc) is 3.43. The van der Waals surface area contributed by atoms with E-state index in [0.29, 0.717) is 13.0 Å². The van der Waals surface area contributed by atoms with Crippen LogP contribution in [0.3, 0.4) is 0 Å². The minimum absolute atomic E-state index is 0.190. The smallest absolute Gasteiger partial charge is 0.264 e. The molecule has 2 aromatic heterocycles. The van der Waals surface area contributed by atoms with Crippen LogP contribution in [0.25, 0.3) is 17.3 Å². The molecule has 0 radical (unpaired) electrons. The van der Waals surface area contributed by atoms with E-state index in [0.717, 1.165) is 73.1 Å². The largest absolute Gasteiger partial charge is 0.359 e. The molecule has 42 heavy (non-hydrogen) atoms. The number of tetrazole rings is 1. The van der Waals surface area contributed by atoms with E-state index in [-0.39, 0.29) is 11.9 Å². The van der Waals surface area contributed by atoms with Crippen LogP contribution in [-0.2, 0) is 21.7 Å². The molecule has 1 unspecified atom stereocenters. The van der Waals surface area contributed by atoms with Crippen LogP contribution in [0.5, 0.6) is 0 Å². The number of anilines is 1. The third kappa shape index (κ3) is 6.27. The van der Waals surface area contributed by atoms with Gasteiger partial charge in [-0.2, -0.15) is 0 Å². The SMILES string of the molecule is O=C(Nc1nnn[nH]1)C1(OCCN2CCCN(Cc3cccnc3-c3ccc(Cl)cc3)CC2)CC=Cc2ccccc21. The molecule has 6 rings (SSSR count). The molecule has 2 aromatic carbocycles. The average molecular weight is 585 g/mol. The van der Waals surface area contributed by atoms with E-state index < -0.39 is 5.60 Å². The highest BCUT2D eigenvalue weighted by Crippen LogP contribution is 2.38. The second-order valence-electron chi connectivity index (χ2n) is 10.6. The molecule has 0 saturated carbocycles. The van der Waals surface area contributed by atoms with Crippen molar-refractivity contribution in [2.75, 3.05) is 44.6 Å². The number of carbonyl (C=O) groups excluding carboxylic acids is 1. The molecule has 1 saturated heterocycles. The first kappa shape index (κ1) is 28.2. The number of fused-ring (bicyclic) bond motifs is 1. The van der Waals surface area contributed by atoms with Gasteiger partial charge in [0.1, 0.15) is 0 Å². The first-order valence-electron chi connectivity index (χ1n) is 14.2. The second kappa shape index (κ2) is 12.9. The number of nitrogens with one attached hydrogen (secondary N) is 2. The zero-order chi connectivity index (χ0) is 28.8. The zero-order valence-corrected chi connectivity index (χ0v) is 24.0.